The van der Waals surface area contributed by atoms with Crippen molar-refractivity contribution in [3.05, 3.63) is 29.8 Å². The van der Waals surface area contributed by atoms with Gasteiger partial charge in [-0.2, -0.15) is 0 Å². The molecule has 5 nitrogen and oxygen atoms in total. The van der Waals surface area contributed by atoms with Crippen LogP contribution in [0.3, 0.4) is 0 Å². The maximum atomic E-state index is 12.6. The van der Waals surface area contributed by atoms with Crippen LogP contribution in [-0.4, -0.2) is 41.0 Å². The van der Waals surface area contributed by atoms with Gasteiger partial charge in [-0.05, 0) is 31.0 Å². The molecule has 0 spiro atoms. The third-order valence-electron chi connectivity index (χ3n) is 3.77. The Bertz CT molecular complexity index is 560. The van der Waals surface area contributed by atoms with Crippen LogP contribution in [0.1, 0.15) is 31.4 Å². The molecule has 0 aromatic heterocycles. The average molecular weight is 312 g/mol. The summed E-state index contributed by atoms with van der Waals surface area (Å²) in [6.07, 6.45) is 1.79. The zero-order valence-corrected chi connectivity index (χ0v) is 13.5. The van der Waals surface area contributed by atoms with E-state index in [1.165, 1.54) is 7.11 Å². The zero-order valence-electron chi connectivity index (χ0n) is 12.7. The number of methoxy groups -OCH3 is 1. The second kappa shape index (κ2) is 7.24. The third-order valence-corrected chi connectivity index (χ3v) is 5.50. The van der Waals surface area contributed by atoms with E-state index in [0.29, 0.717) is 6.54 Å². The van der Waals surface area contributed by atoms with Crippen molar-refractivity contribution >= 4 is 15.7 Å². The van der Waals surface area contributed by atoms with Crippen LogP contribution < -0.4 is 9.62 Å². The molecule has 2 rings (SSSR count). The van der Waals surface area contributed by atoms with Gasteiger partial charge >= 0.3 is 0 Å². The molecule has 1 aliphatic rings. The SMILES string of the molecule is CCNC1CCCN(S(=O)(=O)CCOC)c2ccccc21. The summed E-state index contributed by atoms with van der Waals surface area (Å²) in [5.74, 6) is 0.0176. The van der Waals surface area contributed by atoms with Gasteiger partial charge in [-0.3, -0.25) is 4.31 Å². The van der Waals surface area contributed by atoms with E-state index in [4.69, 9.17) is 4.74 Å². The van der Waals surface area contributed by atoms with Crippen LogP contribution in [0, 0.1) is 0 Å². The number of rotatable bonds is 6. The Morgan fingerprint density at radius 2 is 2.14 bits per heavy atom. The summed E-state index contributed by atoms with van der Waals surface area (Å²) >= 11 is 0. The van der Waals surface area contributed by atoms with Crippen LogP contribution in [0.25, 0.3) is 0 Å². The lowest BCUT2D eigenvalue weighted by atomic mass is 10.0. The monoisotopic (exact) mass is 312 g/mol. The van der Waals surface area contributed by atoms with E-state index in [0.717, 1.165) is 30.6 Å². The topological polar surface area (TPSA) is 58.6 Å². The number of nitrogens with one attached hydrogen (secondary N) is 1. The summed E-state index contributed by atoms with van der Waals surface area (Å²) in [7, 11) is -1.82. The number of ether oxygens (including phenoxy) is 1. The van der Waals surface area contributed by atoms with Crippen LogP contribution >= 0.6 is 0 Å². The Hall–Kier alpha value is -1.11. The van der Waals surface area contributed by atoms with Gasteiger partial charge < -0.3 is 10.1 Å². The van der Waals surface area contributed by atoms with Crippen LogP contribution in [0.15, 0.2) is 24.3 Å². The molecule has 0 fully saturated rings. The number of hydrogen-bond donors (Lipinski definition) is 1. The first-order valence-electron chi connectivity index (χ1n) is 7.41. The number of sulfonamides is 1. The van der Waals surface area contributed by atoms with Gasteiger partial charge in [0, 0.05) is 19.7 Å². The number of anilines is 1. The lowest BCUT2D eigenvalue weighted by Crippen LogP contribution is -2.35. The van der Waals surface area contributed by atoms with E-state index < -0.39 is 10.0 Å². The van der Waals surface area contributed by atoms with Gasteiger partial charge in [0.25, 0.3) is 0 Å². The van der Waals surface area contributed by atoms with Crippen LogP contribution in [0.5, 0.6) is 0 Å². The molecule has 1 aromatic carbocycles. The highest BCUT2D eigenvalue weighted by atomic mass is 32.2. The van der Waals surface area contributed by atoms with Crippen LogP contribution in [0.2, 0.25) is 0 Å². The van der Waals surface area contributed by atoms with E-state index in [9.17, 15) is 8.42 Å². The van der Waals surface area contributed by atoms with Gasteiger partial charge in [0.15, 0.2) is 0 Å². The molecule has 0 radical (unpaired) electrons. The summed E-state index contributed by atoms with van der Waals surface area (Å²) in [4.78, 5) is 0. The van der Waals surface area contributed by atoms with Gasteiger partial charge in [0.1, 0.15) is 0 Å². The second-order valence-corrected chi connectivity index (χ2v) is 7.21. The summed E-state index contributed by atoms with van der Waals surface area (Å²) < 4.78 is 31.6. The third kappa shape index (κ3) is 3.75. The molecule has 0 bridgehead atoms. The fourth-order valence-corrected chi connectivity index (χ4v) is 4.24. The van der Waals surface area contributed by atoms with Crippen molar-refractivity contribution in [3.63, 3.8) is 0 Å². The maximum absolute atomic E-state index is 12.6. The minimum absolute atomic E-state index is 0.0176. The lowest BCUT2D eigenvalue weighted by molar-refractivity contribution is 0.217. The smallest absolute Gasteiger partial charge is 0.237 e. The number of para-hydroxylation sites is 1. The molecule has 0 saturated carbocycles. The van der Waals surface area contributed by atoms with E-state index >= 15 is 0 Å². The summed E-state index contributed by atoms with van der Waals surface area (Å²) in [5.41, 5.74) is 1.87. The molecule has 0 aliphatic carbocycles. The van der Waals surface area contributed by atoms with Gasteiger partial charge in [-0.1, -0.05) is 25.1 Å². The van der Waals surface area contributed by atoms with Crippen LogP contribution in [0.4, 0.5) is 5.69 Å². The Labute approximate surface area is 127 Å². The quantitative estimate of drug-likeness (QED) is 0.872. The molecule has 118 valence electrons. The van der Waals surface area contributed by atoms with Gasteiger partial charge in [0.05, 0.1) is 18.0 Å². The highest BCUT2D eigenvalue weighted by Gasteiger charge is 2.29. The van der Waals surface area contributed by atoms with Crippen molar-refractivity contribution in [2.24, 2.45) is 0 Å². The molecular weight excluding hydrogens is 288 g/mol. The molecule has 1 aromatic rings. The molecule has 21 heavy (non-hydrogen) atoms. The van der Waals surface area contributed by atoms with Crippen molar-refractivity contribution in [1.29, 1.82) is 0 Å². The molecule has 1 atom stereocenters. The number of fused-ring (bicyclic) bond motifs is 1. The van der Waals surface area contributed by atoms with Gasteiger partial charge in [-0.15, -0.1) is 0 Å². The largest absolute Gasteiger partial charge is 0.384 e. The summed E-state index contributed by atoms with van der Waals surface area (Å²) in [5, 5.41) is 3.45. The molecule has 1 aliphatic heterocycles. The minimum atomic E-state index is -3.34. The van der Waals surface area contributed by atoms with E-state index in [2.05, 4.69) is 12.2 Å². The van der Waals surface area contributed by atoms with Gasteiger partial charge in [0.2, 0.25) is 10.0 Å². The molecular formula is C15H24N2O3S. The predicted octanol–water partition coefficient (Wildman–Crippen LogP) is 1.91. The lowest BCUT2D eigenvalue weighted by Gasteiger charge is -2.25. The Morgan fingerprint density at radius 3 is 2.86 bits per heavy atom. The molecule has 0 amide bonds. The first kappa shape index (κ1) is 16.3. The number of benzene rings is 1. The van der Waals surface area contributed by atoms with Crippen molar-refractivity contribution in [2.45, 2.75) is 25.8 Å². The highest BCUT2D eigenvalue weighted by Crippen LogP contribution is 2.34. The van der Waals surface area contributed by atoms with Gasteiger partial charge in [-0.25, -0.2) is 8.42 Å². The molecule has 0 saturated heterocycles. The minimum Gasteiger partial charge on any atom is -0.384 e. The second-order valence-electron chi connectivity index (χ2n) is 5.19. The fourth-order valence-electron chi connectivity index (χ4n) is 2.77. The zero-order chi connectivity index (χ0) is 15.3. The highest BCUT2D eigenvalue weighted by molar-refractivity contribution is 7.92. The van der Waals surface area contributed by atoms with E-state index in [-0.39, 0.29) is 18.4 Å². The fraction of sp³-hybridized carbons (Fsp3) is 0.600. The summed E-state index contributed by atoms with van der Waals surface area (Å²) in [6.45, 7) is 3.69. The standard InChI is InChI=1S/C15H24N2O3S/c1-3-16-14-8-6-10-17(21(18,19)12-11-20-2)15-9-5-4-7-13(14)15/h4-5,7,9,14,16H,3,6,8,10-12H2,1-2H3. The Morgan fingerprint density at radius 1 is 1.38 bits per heavy atom. The molecule has 1 unspecified atom stereocenters. The normalized spacial score (nSPS) is 19.1. The Balaban J connectivity index is 2.37. The van der Waals surface area contributed by atoms with Crippen molar-refractivity contribution in [2.75, 3.05) is 36.9 Å². The van der Waals surface area contributed by atoms with Crippen molar-refractivity contribution in [3.8, 4) is 0 Å². The maximum Gasteiger partial charge on any atom is 0.237 e. The number of hydrogen-bond acceptors (Lipinski definition) is 4. The number of nitrogens with zero attached hydrogens (tertiary/aromatic N) is 1. The molecule has 6 heteroatoms. The molecule has 1 heterocycles. The first-order chi connectivity index (χ1) is 10.1. The van der Waals surface area contributed by atoms with E-state index in [1.54, 1.807) is 4.31 Å². The summed E-state index contributed by atoms with van der Waals surface area (Å²) in [6, 6.07) is 8.00. The first-order valence-corrected chi connectivity index (χ1v) is 9.02. The molecule has 1 N–H and O–H groups in total. The predicted molar refractivity (Wildman–Crippen MR) is 85.1 cm³/mol. The Kier molecular flexibility index (Phi) is 5.61. The van der Waals surface area contributed by atoms with Crippen molar-refractivity contribution < 1.29 is 13.2 Å². The van der Waals surface area contributed by atoms with Crippen LogP contribution in [-0.2, 0) is 14.8 Å². The average Bonchev–Trinajstić information content (AvgIpc) is 2.66. The van der Waals surface area contributed by atoms with E-state index in [1.807, 2.05) is 24.3 Å². The van der Waals surface area contributed by atoms with Crippen molar-refractivity contribution in [1.82, 2.24) is 5.32 Å².